The highest BCUT2D eigenvalue weighted by Crippen LogP contribution is 2.38. The third-order valence-corrected chi connectivity index (χ3v) is 5.59. The Labute approximate surface area is 159 Å². The van der Waals surface area contributed by atoms with Gasteiger partial charge in [-0.1, -0.05) is 42.5 Å². The number of benzene rings is 2. The van der Waals surface area contributed by atoms with Crippen molar-refractivity contribution in [3.63, 3.8) is 0 Å². The number of rotatable bonds is 3. The molecule has 140 valence electrons. The average Bonchev–Trinajstić information content (AvgIpc) is 2.66. The number of carbonyl (C=O) groups is 1. The van der Waals surface area contributed by atoms with Crippen molar-refractivity contribution < 1.29 is 13.9 Å². The number of piperidine rings is 1. The van der Waals surface area contributed by atoms with Crippen LogP contribution >= 0.6 is 0 Å². The SMILES string of the molecule is Cc1cc(F)ccc1C1=CC2CCCC(C1)N2C(=O)OCc1ccccc1. The lowest BCUT2D eigenvalue weighted by molar-refractivity contribution is 0.0510. The third kappa shape index (κ3) is 3.75. The van der Waals surface area contributed by atoms with Gasteiger partial charge in [0.2, 0.25) is 0 Å². The lowest BCUT2D eigenvalue weighted by atomic mass is 9.82. The number of hydrogen-bond donors (Lipinski definition) is 0. The van der Waals surface area contributed by atoms with Gasteiger partial charge in [0.15, 0.2) is 0 Å². The van der Waals surface area contributed by atoms with Gasteiger partial charge in [-0.2, -0.15) is 0 Å². The van der Waals surface area contributed by atoms with Crippen LogP contribution in [0, 0.1) is 12.7 Å². The monoisotopic (exact) mass is 365 g/mol. The predicted molar refractivity (Wildman–Crippen MR) is 104 cm³/mol. The fourth-order valence-electron chi connectivity index (χ4n) is 4.30. The molecule has 1 amide bonds. The van der Waals surface area contributed by atoms with Crippen molar-refractivity contribution >= 4 is 11.7 Å². The van der Waals surface area contributed by atoms with Crippen LogP contribution in [0.3, 0.4) is 0 Å². The van der Waals surface area contributed by atoms with Crippen molar-refractivity contribution in [1.29, 1.82) is 0 Å². The standard InChI is InChI=1S/C23H24FNO2/c1-16-12-19(24)10-11-22(16)18-13-20-8-5-9-21(14-18)25(20)23(26)27-15-17-6-3-2-4-7-17/h2-4,6-7,10-13,20-21H,5,8-9,14-15H2,1H3. The molecular weight excluding hydrogens is 341 g/mol. The zero-order chi connectivity index (χ0) is 18.8. The summed E-state index contributed by atoms with van der Waals surface area (Å²) in [6.45, 7) is 2.23. The molecule has 2 aliphatic heterocycles. The van der Waals surface area contributed by atoms with E-state index in [0.717, 1.165) is 42.4 Å². The molecular formula is C23H24FNO2. The number of ether oxygens (including phenoxy) is 1. The van der Waals surface area contributed by atoms with Crippen LogP contribution in [0.2, 0.25) is 0 Å². The molecule has 2 unspecified atom stereocenters. The van der Waals surface area contributed by atoms with Gasteiger partial charge in [-0.25, -0.2) is 9.18 Å². The zero-order valence-corrected chi connectivity index (χ0v) is 15.5. The Balaban J connectivity index is 1.52. The quantitative estimate of drug-likeness (QED) is 0.721. The molecule has 0 radical (unpaired) electrons. The van der Waals surface area contributed by atoms with E-state index >= 15 is 0 Å². The van der Waals surface area contributed by atoms with Crippen LogP contribution in [0.25, 0.3) is 5.57 Å². The van der Waals surface area contributed by atoms with Gasteiger partial charge in [0.25, 0.3) is 0 Å². The highest BCUT2D eigenvalue weighted by Gasteiger charge is 2.38. The Bertz CT molecular complexity index is 862. The summed E-state index contributed by atoms with van der Waals surface area (Å²) in [6.07, 6.45) is 5.78. The number of amides is 1. The maximum atomic E-state index is 13.4. The van der Waals surface area contributed by atoms with Crippen molar-refractivity contribution in [3.05, 3.63) is 77.1 Å². The van der Waals surface area contributed by atoms with Crippen LogP contribution in [0.15, 0.2) is 54.6 Å². The Morgan fingerprint density at radius 2 is 2.00 bits per heavy atom. The van der Waals surface area contributed by atoms with E-state index in [1.165, 1.54) is 11.6 Å². The summed E-state index contributed by atoms with van der Waals surface area (Å²) >= 11 is 0. The van der Waals surface area contributed by atoms with Crippen LogP contribution in [0.1, 0.15) is 42.4 Å². The van der Waals surface area contributed by atoms with Crippen LogP contribution < -0.4 is 0 Å². The largest absolute Gasteiger partial charge is 0.445 e. The minimum atomic E-state index is -0.236. The molecule has 2 aliphatic rings. The second-order valence-electron chi connectivity index (χ2n) is 7.45. The number of aryl methyl sites for hydroxylation is 1. The van der Waals surface area contributed by atoms with Gasteiger partial charge in [-0.3, -0.25) is 4.90 Å². The predicted octanol–water partition coefficient (Wildman–Crippen LogP) is 5.48. The minimum absolute atomic E-state index is 0.0558. The molecule has 1 fully saturated rings. The van der Waals surface area contributed by atoms with Crippen molar-refractivity contribution in [2.75, 3.05) is 0 Å². The summed E-state index contributed by atoms with van der Waals surface area (Å²) in [6, 6.07) is 14.9. The normalized spacial score (nSPS) is 21.6. The summed E-state index contributed by atoms with van der Waals surface area (Å²) in [5.74, 6) is -0.209. The van der Waals surface area contributed by atoms with Crippen LogP contribution in [0.4, 0.5) is 9.18 Å². The molecule has 3 nitrogen and oxygen atoms in total. The topological polar surface area (TPSA) is 29.5 Å². The summed E-state index contributed by atoms with van der Waals surface area (Å²) in [5, 5.41) is 0. The van der Waals surface area contributed by atoms with E-state index in [1.54, 1.807) is 6.07 Å². The minimum Gasteiger partial charge on any atom is -0.445 e. The maximum absolute atomic E-state index is 13.4. The van der Waals surface area contributed by atoms with E-state index in [9.17, 15) is 9.18 Å². The molecule has 2 aromatic rings. The van der Waals surface area contributed by atoms with Crippen molar-refractivity contribution in [1.82, 2.24) is 4.90 Å². The van der Waals surface area contributed by atoms with Gasteiger partial charge < -0.3 is 4.74 Å². The number of carbonyl (C=O) groups excluding carboxylic acids is 1. The first kappa shape index (κ1) is 17.8. The number of halogens is 1. The maximum Gasteiger partial charge on any atom is 0.410 e. The third-order valence-electron chi connectivity index (χ3n) is 5.59. The van der Waals surface area contributed by atoms with E-state index in [4.69, 9.17) is 4.74 Å². The molecule has 0 N–H and O–H groups in total. The van der Waals surface area contributed by atoms with E-state index in [0.29, 0.717) is 6.61 Å². The zero-order valence-electron chi connectivity index (χ0n) is 15.5. The highest BCUT2D eigenvalue weighted by atomic mass is 19.1. The summed E-state index contributed by atoms with van der Waals surface area (Å²) < 4.78 is 19.0. The van der Waals surface area contributed by atoms with Crippen molar-refractivity contribution in [3.8, 4) is 0 Å². The van der Waals surface area contributed by atoms with Crippen LogP contribution in [0.5, 0.6) is 0 Å². The second kappa shape index (κ2) is 7.55. The van der Waals surface area contributed by atoms with Gasteiger partial charge in [0, 0.05) is 6.04 Å². The Morgan fingerprint density at radius 1 is 1.19 bits per heavy atom. The molecule has 0 aliphatic carbocycles. The molecule has 2 aromatic carbocycles. The van der Waals surface area contributed by atoms with Gasteiger partial charge in [-0.05, 0) is 67.0 Å². The lowest BCUT2D eigenvalue weighted by Crippen LogP contribution is -2.51. The summed E-state index contributed by atoms with van der Waals surface area (Å²) in [7, 11) is 0. The summed E-state index contributed by atoms with van der Waals surface area (Å²) in [5.41, 5.74) is 4.24. The van der Waals surface area contributed by atoms with E-state index in [2.05, 4.69) is 6.08 Å². The Morgan fingerprint density at radius 3 is 2.74 bits per heavy atom. The van der Waals surface area contributed by atoms with Gasteiger partial charge in [0.05, 0.1) is 6.04 Å². The van der Waals surface area contributed by atoms with Crippen LogP contribution in [-0.4, -0.2) is 23.1 Å². The molecule has 2 heterocycles. The van der Waals surface area contributed by atoms with E-state index < -0.39 is 0 Å². The molecule has 0 saturated carbocycles. The average molecular weight is 365 g/mol. The Hall–Kier alpha value is -2.62. The summed E-state index contributed by atoms with van der Waals surface area (Å²) in [4.78, 5) is 14.7. The first-order chi connectivity index (χ1) is 13.1. The van der Waals surface area contributed by atoms with E-state index in [1.807, 2.05) is 48.2 Å². The lowest BCUT2D eigenvalue weighted by Gasteiger charge is -2.44. The molecule has 2 atom stereocenters. The molecule has 4 rings (SSSR count). The Kier molecular flexibility index (Phi) is 4.97. The van der Waals surface area contributed by atoms with Crippen LogP contribution in [-0.2, 0) is 11.3 Å². The van der Waals surface area contributed by atoms with Gasteiger partial charge in [-0.15, -0.1) is 0 Å². The molecule has 4 heteroatoms. The second-order valence-corrected chi connectivity index (χ2v) is 7.45. The van der Waals surface area contributed by atoms with Crippen molar-refractivity contribution in [2.24, 2.45) is 0 Å². The number of fused-ring (bicyclic) bond motifs is 2. The molecule has 0 spiro atoms. The molecule has 0 aromatic heterocycles. The fourth-order valence-corrected chi connectivity index (χ4v) is 4.30. The van der Waals surface area contributed by atoms with Gasteiger partial charge >= 0.3 is 6.09 Å². The number of nitrogens with zero attached hydrogens (tertiary/aromatic N) is 1. The molecule has 2 bridgehead atoms. The first-order valence-electron chi connectivity index (χ1n) is 9.58. The molecule has 27 heavy (non-hydrogen) atoms. The van der Waals surface area contributed by atoms with E-state index in [-0.39, 0.29) is 24.0 Å². The highest BCUT2D eigenvalue weighted by molar-refractivity contribution is 5.75. The number of hydrogen-bond acceptors (Lipinski definition) is 2. The fraction of sp³-hybridized carbons (Fsp3) is 0.348. The molecule has 1 saturated heterocycles. The smallest absolute Gasteiger partial charge is 0.410 e. The van der Waals surface area contributed by atoms with Crippen molar-refractivity contribution in [2.45, 2.75) is 51.3 Å². The first-order valence-corrected chi connectivity index (χ1v) is 9.58. The van der Waals surface area contributed by atoms with Gasteiger partial charge in [0.1, 0.15) is 12.4 Å².